The maximum atomic E-state index is 8.80. The fourth-order valence-corrected chi connectivity index (χ4v) is 3.69. The molecular formula is C17H15N9. The molecule has 4 aromatic heterocycles. The van der Waals surface area contributed by atoms with Gasteiger partial charge in [-0.05, 0) is 37.5 Å². The lowest BCUT2D eigenvalue weighted by Gasteiger charge is -2.13. The number of hydrogen-bond acceptors (Lipinski definition) is 7. The van der Waals surface area contributed by atoms with Crippen LogP contribution in [0.25, 0.3) is 16.8 Å². The van der Waals surface area contributed by atoms with Crippen molar-refractivity contribution in [3.8, 4) is 6.07 Å². The molecule has 26 heavy (non-hydrogen) atoms. The van der Waals surface area contributed by atoms with Gasteiger partial charge in [0.25, 0.3) is 0 Å². The number of hydrogen-bond donors (Lipinski definition) is 2. The van der Waals surface area contributed by atoms with Crippen molar-refractivity contribution in [2.75, 3.05) is 5.32 Å². The first-order chi connectivity index (χ1) is 12.8. The molecule has 1 fully saturated rings. The Hall–Kier alpha value is -3.54. The van der Waals surface area contributed by atoms with Crippen molar-refractivity contribution in [3.05, 3.63) is 42.1 Å². The number of aromatic nitrogens is 7. The Morgan fingerprint density at radius 1 is 1.15 bits per heavy atom. The fraction of sp³-hybridized carbons (Fsp3) is 0.294. The van der Waals surface area contributed by atoms with Gasteiger partial charge in [0.15, 0.2) is 17.0 Å². The van der Waals surface area contributed by atoms with Crippen LogP contribution in [-0.2, 0) is 0 Å². The Morgan fingerprint density at radius 3 is 2.96 bits per heavy atom. The van der Waals surface area contributed by atoms with Crippen LogP contribution in [-0.4, -0.2) is 40.8 Å². The van der Waals surface area contributed by atoms with Gasteiger partial charge in [-0.3, -0.25) is 4.40 Å². The fourth-order valence-electron chi connectivity index (χ4n) is 3.69. The number of H-pyrrole nitrogens is 1. The highest BCUT2D eigenvalue weighted by atomic mass is 15.3. The summed E-state index contributed by atoms with van der Waals surface area (Å²) in [6.45, 7) is 0. The van der Waals surface area contributed by atoms with Crippen molar-refractivity contribution < 1.29 is 0 Å². The van der Waals surface area contributed by atoms with E-state index in [-0.39, 0.29) is 6.04 Å². The van der Waals surface area contributed by atoms with Gasteiger partial charge < -0.3 is 10.3 Å². The summed E-state index contributed by atoms with van der Waals surface area (Å²) in [6.07, 6.45) is 6.60. The maximum absolute atomic E-state index is 8.80. The average molecular weight is 345 g/mol. The van der Waals surface area contributed by atoms with Crippen LogP contribution in [0.5, 0.6) is 0 Å². The lowest BCUT2D eigenvalue weighted by atomic mass is 10.1. The Bertz CT molecular complexity index is 1120. The number of nitrogens with zero attached hydrogens (tertiary/aromatic N) is 7. The summed E-state index contributed by atoms with van der Waals surface area (Å²) < 4.78 is 2.09. The molecular weight excluding hydrogens is 330 g/mol. The second-order valence-electron chi connectivity index (χ2n) is 6.49. The number of anilines is 1. The minimum absolute atomic E-state index is 0.290. The van der Waals surface area contributed by atoms with Crippen molar-refractivity contribution in [2.24, 2.45) is 0 Å². The van der Waals surface area contributed by atoms with Gasteiger partial charge in [-0.2, -0.15) is 5.26 Å². The molecule has 9 heteroatoms. The van der Waals surface area contributed by atoms with Gasteiger partial charge in [-0.25, -0.2) is 4.98 Å². The molecule has 1 aliphatic rings. The third-order valence-electron chi connectivity index (χ3n) is 4.90. The quantitative estimate of drug-likeness (QED) is 0.582. The summed E-state index contributed by atoms with van der Waals surface area (Å²) in [5.74, 6) is 1.98. The first-order valence-corrected chi connectivity index (χ1v) is 8.49. The van der Waals surface area contributed by atoms with Crippen LogP contribution < -0.4 is 5.32 Å². The van der Waals surface area contributed by atoms with Gasteiger partial charge in [0.05, 0.1) is 11.7 Å². The topological polar surface area (TPSA) is 120 Å². The molecule has 0 amide bonds. The highest BCUT2D eigenvalue weighted by Crippen LogP contribution is 2.35. The highest BCUT2D eigenvalue weighted by Gasteiger charge is 2.30. The molecule has 0 saturated heterocycles. The summed E-state index contributed by atoms with van der Waals surface area (Å²) in [6, 6.07) is 7.73. The molecule has 4 heterocycles. The smallest absolute Gasteiger partial charge is 0.179 e. The van der Waals surface area contributed by atoms with Gasteiger partial charge in [0.2, 0.25) is 0 Å². The molecule has 1 saturated carbocycles. The monoisotopic (exact) mass is 345 g/mol. The van der Waals surface area contributed by atoms with E-state index >= 15 is 0 Å². The minimum Gasteiger partial charge on any atom is -0.366 e. The Morgan fingerprint density at radius 2 is 2.12 bits per heavy atom. The lowest BCUT2D eigenvalue weighted by Crippen LogP contribution is -2.17. The van der Waals surface area contributed by atoms with Crippen molar-refractivity contribution >= 4 is 22.6 Å². The number of nitriles is 1. The molecule has 0 aromatic carbocycles. The molecule has 0 spiro atoms. The van der Waals surface area contributed by atoms with Gasteiger partial charge in [0.1, 0.15) is 17.7 Å². The highest BCUT2D eigenvalue weighted by molar-refractivity contribution is 5.74. The molecule has 2 N–H and O–H groups in total. The van der Waals surface area contributed by atoms with E-state index in [1.807, 2.05) is 18.3 Å². The number of aromatic amines is 1. The molecule has 0 bridgehead atoms. The van der Waals surface area contributed by atoms with E-state index in [1.165, 1.54) is 0 Å². The summed E-state index contributed by atoms with van der Waals surface area (Å²) in [5.41, 5.74) is 2.91. The molecule has 0 radical (unpaired) electrons. The number of fused-ring (bicyclic) bond motifs is 3. The molecule has 0 unspecified atom stereocenters. The van der Waals surface area contributed by atoms with E-state index in [0.717, 1.165) is 41.9 Å². The van der Waals surface area contributed by atoms with Crippen molar-refractivity contribution in [1.29, 1.82) is 5.26 Å². The van der Waals surface area contributed by atoms with E-state index in [0.29, 0.717) is 17.4 Å². The van der Waals surface area contributed by atoms with Gasteiger partial charge >= 0.3 is 0 Å². The summed E-state index contributed by atoms with van der Waals surface area (Å²) >= 11 is 0. The lowest BCUT2D eigenvalue weighted by molar-refractivity contribution is 0.650. The number of nitrogens with one attached hydrogen (secondary N) is 2. The minimum atomic E-state index is 0.290. The maximum Gasteiger partial charge on any atom is 0.179 e. The molecule has 4 aromatic rings. The molecule has 9 nitrogen and oxygen atoms in total. The van der Waals surface area contributed by atoms with Crippen LogP contribution in [0.4, 0.5) is 5.82 Å². The van der Waals surface area contributed by atoms with E-state index in [4.69, 9.17) is 5.26 Å². The summed E-state index contributed by atoms with van der Waals surface area (Å²) in [4.78, 5) is 7.50. The molecule has 5 rings (SSSR count). The molecule has 0 aliphatic heterocycles. The third-order valence-corrected chi connectivity index (χ3v) is 4.90. The van der Waals surface area contributed by atoms with E-state index in [9.17, 15) is 0 Å². The van der Waals surface area contributed by atoms with E-state index in [1.54, 1.807) is 18.3 Å². The van der Waals surface area contributed by atoms with Crippen molar-refractivity contribution in [3.63, 3.8) is 0 Å². The first kappa shape index (κ1) is 14.8. The van der Waals surface area contributed by atoms with E-state index in [2.05, 4.69) is 40.1 Å². The van der Waals surface area contributed by atoms with Crippen LogP contribution in [0.3, 0.4) is 0 Å². The second kappa shape index (κ2) is 5.77. The zero-order valence-corrected chi connectivity index (χ0v) is 13.8. The predicted molar refractivity (Wildman–Crippen MR) is 93.4 cm³/mol. The van der Waals surface area contributed by atoms with Crippen molar-refractivity contribution in [1.82, 2.24) is 34.8 Å². The Kier molecular flexibility index (Phi) is 3.28. The SMILES string of the molecule is N#Cc1ccc(N[C@H]2CC[C@@H](c3nnc4cnc5[nH]ccc5n34)C2)nn1. The van der Waals surface area contributed by atoms with Crippen molar-refractivity contribution in [2.45, 2.75) is 31.2 Å². The Balaban J connectivity index is 1.39. The largest absolute Gasteiger partial charge is 0.366 e. The van der Waals surface area contributed by atoms with Gasteiger partial charge in [0, 0.05) is 18.2 Å². The van der Waals surface area contributed by atoms with Crippen LogP contribution in [0.2, 0.25) is 0 Å². The Labute approximate surface area is 148 Å². The van der Waals surface area contributed by atoms with Gasteiger partial charge in [-0.1, -0.05) is 0 Å². The third kappa shape index (κ3) is 2.35. The van der Waals surface area contributed by atoms with Crippen LogP contribution in [0.1, 0.15) is 36.7 Å². The summed E-state index contributed by atoms with van der Waals surface area (Å²) in [7, 11) is 0. The normalized spacial score (nSPS) is 19.8. The first-order valence-electron chi connectivity index (χ1n) is 8.49. The molecule has 1 aliphatic carbocycles. The van der Waals surface area contributed by atoms with E-state index < -0.39 is 0 Å². The van der Waals surface area contributed by atoms with Crippen LogP contribution >= 0.6 is 0 Å². The van der Waals surface area contributed by atoms with Crippen LogP contribution in [0, 0.1) is 11.3 Å². The number of rotatable bonds is 3. The summed E-state index contributed by atoms with van der Waals surface area (Å²) in [5, 5.41) is 28.9. The standard InChI is InChI=1S/C17H15N9/c18-8-12-3-4-14(23-22-12)21-11-2-1-10(7-11)17-25-24-15-9-20-16-13(26(15)17)5-6-19-16/h3-6,9-11,19H,1-2,7H2,(H,21,23)/t10-,11+/m1/s1. The van der Waals surface area contributed by atoms with Gasteiger partial charge in [-0.15, -0.1) is 20.4 Å². The van der Waals surface area contributed by atoms with Crippen LogP contribution in [0.15, 0.2) is 30.6 Å². The average Bonchev–Trinajstić information content (AvgIpc) is 3.40. The second-order valence-corrected chi connectivity index (χ2v) is 6.49. The predicted octanol–water partition coefficient (Wildman–Crippen LogP) is 2.02. The zero-order chi connectivity index (χ0) is 17.5. The molecule has 2 atom stereocenters. The molecule has 128 valence electrons. The zero-order valence-electron chi connectivity index (χ0n) is 13.8.